The maximum atomic E-state index is 11.4. The van der Waals surface area contributed by atoms with Crippen LogP contribution in [0.3, 0.4) is 0 Å². The molecular weight excluding hydrogens is 196 g/mol. The summed E-state index contributed by atoms with van der Waals surface area (Å²) < 4.78 is 10.5. The van der Waals surface area contributed by atoms with E-state index in [9.17, 15) is 4.79 Å². The van der Waals surface area contributed by atoms with E-state index in [0.29, 0.717) is 17.2 Å². The molecule has 1 heterocycles. The molecule has 0 aromatic heterocycles. The van der Waals surface area contributed by atoms with Gasteiger partial charge in [0.25, 0.3) is 0 Å². The summed E-state index contributed by atoms with van der Waals surface area (Å²) in [6, 6.07) is 4.63. The quantitative estimate of drug-likeness (QED) is 0.698. The van der Waals surface area contributed by atoms with Crippen molar-refractivity contribution < 1.29 is 14.3 Å². The molecule has 3 N–H and O–H groups in total. The molecule has 0 saturated carbocycles. The highest BCUT2D eigenvalue weighted by atomic mass is 16.5. The Morgan fingerprint density at radius 3 is 3.13 bits per heavy atom. The average Bonchev–Trinajstić information content (AvgIpc) is 2.39. The Kier molecular flexibility index (Phi) is 2.47. The standard InChI is InChI=1S/C10H12N2O3/c1-14-8-4-2-3-7-9(8)15-5-6(11)10(13)12-7/h2-4,6H,5,11H2,1H3,(H,12,13). The van der Waals surface area contributed by atoms with Crippen LogP contribution in [0.4, 0.5) is 5.69 Å². The summed E-state index contributed by atoms with van der Waals surface area (Å²) in [7, 11) is 1.55. The third kappa shape index (κ3) is 1.73. The summed E-state index contributed by atoms with van der Waals surface area (Å²) in [6.45, 7) is 0.152. The number of anilines is 1. The average molecular weight is 208 g/mol. The number of hydrogen-bond acceptors (Lipinski definition) is 4. The van der Waals surface area contributed by atoms with E-state index in [0.717, 1.165) is 0 Å². The van der Waals surface area contributed by atoms with Crippen LogP contribution in [0.25, 0.3) is 0 Å². The number of benzene rings is 1. The molecule has 0 fully saturated rings. The third-order valence-corrected chi connectivity index (χ3v) is 2.20. The predicted octanol–water partition coefficient (Wildman–Crippen LogP) is 0.353. The maximum absolute atomic E-state index is 11.4. The Morgan fingerprint density at radius 2 is 2.40 bits per heavy atom. The first-order valence-electron chi connectivity index (χ1n) is 4.58. The van der Waals surface area contributed by atoms with Crippen molar-refractivity contribution in [2.24, 2.45) is 5.73 Å². The molecule has 1 aromatic rings. The van der Waals surface area contributed by atoms with Crippen LogP contribution in [0.2, 0.25) is 0 Å². The van der Waals surface area contributed by atoms with Gasteiger partial charge in [0.15, 0.2) is 11.5 Å². The van der Waals surface area contributed by atoms with E-state index in [-0.39, 0.29) is 12.5 Å². The zero-order chi connectivity index (χ0) is 10.8. The Balaban J connectivity index is 2.42. The highest BCUT2D eigenvalue weighted by Gasteiger charge is 2.23. The van der Waals surface area contributed by atoms with Gasteiger partial charge < -0.3 is 20.5 Å². The van der Waals surface area contributed by atoms with Gasteiger partial charge in [-0.15, -0.1) is 0 Å². The van der Waals surface area contributed by atoms with E-state index in [1.807, 2.05) is 0 Å². The predicted molar refractivity (Wildman–Crippen MR) is 55.1 cm³/mol. The molecule has 1 atom stereocenters. The first-order chi connectivity index (χ1) is 7.22. The SMILES string of the molecule is COc1cccc2c1OCC(N)C(=O)N2. The summed E-state index contributed by atoms with van der Waals surface area (Å²) >= 11 is 0. The molecule has 15 heavy (non-hydrogen) atoms. The van der Waals surface area contributed by atoms with Crippen molar-refractivity contribution in [3.63, 3.8) is 0 Å². The van der Waals surface area contributed by atoms with Gasteiger partial charge in [-0.05, 0) is 12.1 Å². The highest BCUT2D eigenvalue weighted by molar-refractivity contribution is 5.97. The lowest BCUT2D eigenvalue weighted by Gasteiger charge is -2.10. The van der Waals surface area contributed by atoms with Crippen molar-refractivity contribution in [3.8, 4) is 11.5 Å². The lowest BCUT2D eigenvalue weighted by atomic mass is 10.2. The minimum absolute atomic E-state index is 0.152. The largest absolute Gasteiger partial charge is 0.493 e. The van der Waals surface area contributed by atoms with Crippen molar-refractivity contribution in [2.45, 2.75) is 6.04 Å². The van der Waals surface area contributed by atoms with Crippen molar-refractivity contribution in [1.29, 1.82) is 0 Å². The Labute approximate surface area is 87.2 Å². The number of nitrogens with two attached hydrogens (primary N) is 1. The van der Waals surface area contributed by atoms with Gasteiger partial charge in [-0.3, -0.25) is 4.79 Å². The van der Waals surface area contributed by atoms with Crippen LogP contribution in [0.1, 0.15) is 0 Å². The Morgan fingerprint density at radius 1 is 1.60 bits per heavy atom. The van der Waals surface area contributed by atoms with Gasteiger partial charge in [-0.2, -0.15) is 0 Å². The van der Waals surface area contributed by atoms with E-state index in [4.69, 9.17) is 15.2 Å². The molecule has 5 heteroatoms. The van der Waals surface area contributed by atoms with Gasteiger partial charge in [0, 0.05) is 0 Å². The fraction of sp³-hybridized carbons (Fsp3) is 0.300. The second-order valence-corrected chi connectivity index (χ2v) is 3.24. The van der Waals surface area contributed by atoms with Crippen molar-refractivity contribution in [3.05, 3.63) is 18.2 Å². The normalized spacial score (nSPS) is 19.6. The molecule has 1 unspecified atom stereocenters. The number of carbonyl (C=O) groups excluding carboxylic acids is 1. The molecule has 2 rings (SSSR count). The number of amides is 1. The van der Waals surface area contributed by atoms with Gasteiger partial charge in [0.1, 0.15) is 12.6 Å². The van der Waals surface area contributed by atoms with E-state index in [1.165, 1.54) is 0 Å². The van der Waals surface area contributed by atoms with E-state index >= 15 is 0 Å². The van der Waals surface area contributed by atoms with Gasteiger partial charge >= 0.3 is 0 Å². The number of carbonyl (C=O) groups is 1. The van der Waals surface area contributed by atoms with Crippen molar-refractivity contribution in [2.75, 3.05) is 19.0 Å². The lowest BCUT2D eigenvalue weighted by Crippen LogP contribution is -2.38. The molecule has 80 valence electrons. The first-order valence-corrected chi connectivity index (χ1v) is 4.58. The molecule has 0 spiro atoms. The first kappa shape index (κ1) is 9.79. The summed E-state index contributed by atoms with van der Waals surface area (Å²) in [5.41, 5.74) is 6.16. The van der Waals surface area contributed by atoms with Crippen LogP contribution in [0, 0.1) is 0 Å². The van der Waals surface area contributed by atoms with E-state index in [1.54, 1.807) is 25.3 Å². The minimum atomic E-state index is -0.651. The van der Waals surface area contributed by atoms with Gasteiger partial charge in [0.2, 0.25) is 5.91 Å². The number of ether oxygens (including phenoxy) is 2. The topological polar surface area (TPSA) is 73.6 Å². The van der Waals surface area contributed by atoms with Crippen LogP contribution in [-0.2, 0) is 4.79 Å². The van der Waals surface area contributed by atoms with Crippen molar-refractivity contribution >= 4 is 11.6 Å². The van der Waals surface area contributed by atoms with Crippen LogP contribution < -0.4 is 20.5 Å². The molecule has 1 amide bonds. The zero-order valence-electron chi connectivity index (χ0n) is 8.32. The smallest absolute Gasteiger partial charge is 0.244 e. The van der Waals surface area contributed by atoms with Crippen LogP contribution in [0.5, 0.6) is 11.5 Å². The molecule has 5 nitrogen and oxygen atoms in total. The van der Waals surface area contributed by atoms with Gasteiger partial charge in [-0.25, -0.2) is 0 Å². The van der Waals surface area contributed by atoms with Crippen LogP contribution >= 0.6 is 0 Å². The molecule has 1 aliphatic rings. The second kappa shape index (κ2) is 3.78. The van der Waals surface area contributed by atoms with Crippen molar-refractivity contribution in [1.82, 2.24) is 0 Å². The fourth-order valence-electron chi connectivity index (χ4n) is 1.40. The molecular formula is C10H12N2O3. The third-order valence-electron chi connectivity index (χ3n) is 2.20. The summed E-state index contributed by atoms with van der Waals surface area (Å²) in [5, 5.41) is 2.68. The molecule has 1 aromatic carbocycles. The summed E-state index contributed by atoms with van der Waals surface area (Å²) in [5.74, 6) is 0.866. The summed E-state index contributed by atoms with van der Waals surface area (Å²) in [4.78, 5) is 11.4. The molecule has 0 aliphatic carbocycles. The monoisotopic (exact) mass is 208 g/mol. The number of nitrogens with one attached hydrogen (secondary N) is 1. The highest BCUT2D eigenvalue weighted by Crippen LogP contribution is 2.36. The molecule has 0 bridgehead atoms. The van der Waals surface area contributed by atoms with E-state index < -0.39 is 6.04 Å². The number of rotatable bonds is 1. The summed E-state index contributed by atoms with van der Waals surface area (Å²) in [6.07, 6.45) is 0. The van der Waals surface area contributed by atoms with Crippen LogP contribution in [0.15, 0.2) is 18.2 Å². The molecule has 0 saturated heterocycles. The van der Waals surface area contributed by atoms with Crippen LogP contribution in [-0.4, -0.2) is 25.7 Å². The number of hydrogen-bond donors (Lipinski definition) is 2. The maximum Gasteiger partial charge on any atom is 0.244 e. The van der Waals surface area contributed by atoms with Gasteiger partial charge in [-0.1, -0.05) is 6.07 Å². The lowest BCUT2D eigenvalue weighted by molar-refractivity contribution is -0.117. The number of para-hydroxylation sites is 1. The van der Waals surface area contributed by atoms with E-state index in [2.05, 4.69) is 5.32 Å². The number of methoxy groups -OCH3 is 1. The number of fused-ring (bicyclic) bond motifs is 1. The Hall–Kier alpha value is -1.75. The fourth-order valence-corrected chi connectivity index (χ4v) is 1.40. The molecule has 1 aliphatic heterocycles. The minimum Gasteiger partial charge on any atom is -0.493 e. The Bertz CT molecular complexity index is 392. The van der Waals surface area contributed by atoms with Gasteiger partial charge in [0.05, 0.1) is 12.8 Å². The molecule has 0 radical (unpaired) electrons. The zero-order valence-corrected chi connectivity index (χ0v) is 8.32. The second-order valence-electron chi connectivity index (χ2n) is 3.24.